The van der Waals surface area contributed by atoms with Gasteiger partial charge in [-0.2, -0.15) is 0 Å². The van der Waals surface area contributed by atoms with Gasteiger partial charge in [-0.15, -0.1) is 0 Å². The Morgan fingerprint density at radius 3 is 2.63 bits per heavy atom. The number of furan rings is 1. The zero-order chi connectivity index (χ0) is 14.0. The Bertz CT molecular complexity index is 697. The van der Waals surface area contributed by atoms with Crippen LogP contribution in [0.4, 0.5) is 0 Å². The van der Waals surface area contributed by atoms with E-state index in [0.29, 0.717) is 5.76 Å². The third kappa shape index (κ3) is 3.60. The molecule has 1 N–H and O–H groups in total. The molecule has 19 heavy (non-hydrogen) atoms. The highest BCUT2D eigenvalue weighted by molar-refractivity contribution is 9.10. The summed E-state index contributed by atoms with van der Waals surface area (Å²) in [4.78, 5) is 0.0423. The molecule has 0 amide bonds. The van der Waals surface area contributed by atoms with Crippen molar-refractivity contribution in [1.29, 1.82) is 0 Å². The van der Waals surface area contributed by atoms with E-state index >= 15 is 0 Å². The summed E-state index contributed by atoms with van der Waals surface area (Å²) in [5.74, 6) is 1.28. The Labute approximate surface area is 124 Å². The molecule has 7 heteroatoms. The van der Waals surface area contributed by atoms with Crippen LogP contribution in [0, 0.1) is 6.92 Å². The molecule has 0 radical (unpaired) electrons. The molecule has 0 aliphatic heterocycles. The fourth-order valence-electron chi connectivity index (χ4n) is 1.52. The summed E-state index contributed by atoms with van der Waals surface area (Å²) in [5.41, 5.74) is 0. The van der Waals surface area contributed by atoms with Crippen molar-refractivity contribution in [2.24, 2.45) is 0 Å². The van der Waals surface area contributed by atoms with E-state index in [4.69, 9.17) is 16.0 Å². The van der Waals surface area contributed by atoms with Gasteiger partial charge in [0, 0.05) is 4.47 Å². The number of sulfonamides is 1. The average molecular weight is 365 g/mol. The van der Waals surface area contributed by atoms with Crippen LogP contribution >= 0.6 is 27.5 Å². The minimum atomic E-state index is -3.66. The lowest BCUT2D eigenvalue weighted by Gasteiger charge is -2.07. The third-order valence-electron chi connectivity index (χ3n) is 2.42. The van der Waals surface area contributed by atoms with Crippen LogP contribution in [0.1, 0.15) is 11.5 Å². The molecule has 4 nitrogen and oxygen atoms in total. The van der Waals surface area contributed by atoms with Crippen molar-refractivity contribution in [3.05, 3.63) is 51.3 Å². The number of hydrogen-bond donors (Lipinski definition) is 1. The van der Waals surface area contributed by atoms with Gasteiger partial charge in [0.1, 0.15) is 16.4 Å². The Hall–Kier alpha value is -0.820. The van der Waals surface area contributed by atoms with Gasteiger partial charge >= 0.3 is 0 Å². The highest BCUT2D eigenvalue weighted by Gasteiger charge is 2.18. The first kappa shape index (κ1) is 14.6. The third-order valence-corrected chi connectivity index (χ3v) is 4.79. The Balaban J connectivity index is 2.18. The summed E-state index contributed by atoms with van der Waals surface area (Å²) in [6.45, 7) is 1.88. The lowest BCUT2D eigenvalue weighted by Crippen LogP contribution is -2.23. The first-order valence-electron chi connectivity index (χ1n) is 5.38. The van der Waals surface area contributed by atoms with E-state index in [2.05, 4.69) is 20.7 Å². The van der Waals surface area contributed by atoms with Crippen molar-refractivity contribution in [2.45, 2.75) is 18.4 Å². The summed E-state index contributed by atoms with van der Waals surface area (Å²) in [6, 6.07) is 8.10. The Kier molecular flexibility index (Phi) is 4.35. The molecule has 0 fully saturated rings. The van der Waals surface area contributed by atoms with Gasteiger partial charge in [0.25, 0.3) is 0 Å². The smallest absolute Gasteiger partial charge is 0.242 e. The van der Waals surface area contributed by atoms with E-state index in [1.165, 1.54) is 12.1 Å². The Morgan fingerprint density at radius 2 is 2.05 bits per heavy atom. The summed E-state index contributed by atoms with van der Waals surface area (Å²) < 4.78 is 32.6. The molecule has 0 saturated heterocycles. The predicted molar refractivity (Wildman–Crippen MR) is 76.6 cm³/mol. The quantitative estimate of drug-likeness (QED) is 0.903. The van der Waals surface area contributed by atoms with Crippen molar-refractivity contribution in [3.63, 3.8) is 0 Å². The number of hydrogen-bond acceptors (Lipinski definition) is 3. The van der Waals surface area contributed by atoms with E-state index in [1.807, 2.05) is 0 Å². The lowest BCUT2D eigenvalue weighted by molar-refractivity contribution is 0.475. The van der Waals surface area contributed by atoms with Gasteiger partial charge in [0.15, 0.2) is 0 Å². The van der Waals surface area contributed by atoms with Gasteiger partial charge in [-0.25, -0.2) is 13.1 Å². The van der Waals surface area contributed by atoms with Crippen molar-refractivity contribution < 1.29 is 12.8 Å². The lowest BCUT2D eigenvalue weighted by atomic mass is 10.4. The number of aryl methyl sites for hydroxylation is 1. The fourth-order valence-corrected chi connectivity index (χ4v) is 3.55. The average Bonchev–Trinajstić information content (AvgIpc) is 2.72. The maximum Gasteiger partial charge on any atom is 0.242 e. The first-order chi connectivity index (χ1) is 8.88. The van der Waals surface area contributed by atoms with Crippen LogP contribution in [0.2, 0.25) is 5.02 Å². The molecule has 0 atom stereocenters. The molecule has 102 valence electrons. The summed E-state index contributed by atoms with van der Waals surface area (Å²) in [6.07, 6.45) is 0. The molecule has 1 aromatic carbocycles. The van der Waals surface area contributed by atoms with Crippen molar-refractivity contribution in [2.75, 3.05) is 0 Å². The predicted octanol–water partition coefficient (Wildman–Crippen LogP) is 3.48. The van der Waals surface area contributed by atoms with Gasteiger partial charge in [-0.3, -0.25) is 0 Å². The van der Waals surface area contributed by atoms with E-state index in [9.17, 15) is 8.42 Å². The molecule has 0 bridgehead atoms. The number of halogens is 2. The second-order valence-corrected chi connectivity index (χ2v) is 6.97. The highest BCUT2D eigenvalue weighted by Crippen LogP contribution is 2.25. The van der Waals surface area contributed by atoms with Crippen molar-refractivity contribution in [1.82, 2.24) is 4.72 Å². The van der Waals surface area contributed by atoms with Crippen LogP contribution in [0.25, 0.3) is 0 Å². The Morgan fingerprint density at radius 1 is 1.32 bits per heavy atom. The topological polar surface area (TPSA) is 59.3 Å². The fraction of sp³-hybridized carbons (Fsp3) is 0.167. The maximum atomic E-state index is 12.1. The van der Waals surface area contributed by atoms with Crippen LogP contribution < -0.4 is 4.72 Å². The van der Waals surface area contributed by atoms with Crippen molar-refractivity contribution >= 4 is 37.6 Å². The van der Waals surface area contributed by atoms with Gasteiger partial charge in [0.2, 0.25) is 10.0 Å². The number of benzene rings is 1. The van der Waals surface area contributed by atoms with Crippen molar-refractivity contribution in [3.8, 4) is 0 Å². The maximum absolute atomic E-state index is 12.1. The summed E-state index contributed by atoms with van der Waals surface area (Å²) in [7, 11) is -3.66. The summed E-state index contributed by atoms with van der Waals surface area (Å²) >= 11 is 9.15. The van der Waals surface area contributed by atoms with Crippen LogP contribution in [0.5, 0.6) is 0 Å². The van der Waals surface area contributed by atoms with Crippen LogP contribution in [-0.4, -0.2) is 8.42 Å². The molecular formula is C12H11BrClNO3S. The molecule has 0 spiro atoms. The van der Waals surface area contributed by atoms with Gasteiger partial charge in [0.05, 0.1) is 11.6 Å². The molecule has 1 heterocycles. The molecular weight excluding hydrogens is 354 g/mol. The van der Waals surface area contributed by atoms with Crippen LogP contribution in [0.15, 0.2) is 44.1 Å². The molecule has 0 aliphatic rings. The van der Waals surface area contributed by atoms with E-state index < -0.39 is 10.0 Å². The molecule has 2 rings (SSSR count). The van der Waals surface area contributed by atoms with Crippen LogP contribution in [0.3, 0.4) is 0 Å². The van der Waals surface area contributed by atoms with Crippen LogP contribution in [-0.2, 0) is 16.6 Å². The second-order valence-electron chi connectivity index (χ2n) is 3.91. The molecule has 2 aromatic rings. The zero-order valence-electron chi connectivity index (χ0n) is 9.98. The number of nitrogens with one attached hydrogen (secondary N) is 1. The van der Waals surface area contributed by atoms with E-state index in [-0.39, 0.29) is 16.5 Å². The molecule has 0 saturated carbocycles. The zero-order valence-corrected chi connectivity index (χ0v) is 13.1. The summed E-state index contributed by atoms with van der Waals surface area (Å²) in [5, 5.41) is 0.164. The SMILES string of the molecule is Cc1ccc(CNS(=O)(=O)c2ccc(Br)cc2Cl)o1. The normalized spacial score (nSPS) is 11.7. The second kappa shape index (κ2) is 5.66. The van der Waals surface area contributed by atoms with Gasteiger partial charge in [-0.05, 0) is 37.3 Å². The standard InChI is InChI=1S/C12H11BrClNO3S/c1-8-2-4-10(18-8)7-15-19(16,17)12-5-3-9(13)6-11(12)14/h2-6,15H,7H2,1H3. The largest absolute Gasteiger partial charge is 0.465 e. The van der Waals surface area contributed by atoms with Gasteiger partial charge < -0.3 is 4.42 Å². The van der Waals surface area contributed by atoms with E-state index in [1.54, 1.807) is 25.1 Å². The molecule has 0 aliphatic carbocycles. The number of rotatable bonds is 4. The van der Waals surface area contributed by atoms with E-state index in [0.717, 1.165) is 10.2 Å². The first-order valence-corrected chi connectivity index (χ1v) is 8.04. The molecule has 1 aromatic heterocycles. The molecule has 0 unspecified atom stereocenters. The monoisotopic (exact) mass is 363 g/mol. The minimum Gasteiger partial charge on any atom is -0.465 e. The highest BCUT2D eigenvalue weighted by atomic mass is 79.9. The van der Waals surface area contributed by atoms with Gasteiger partial charge in [-0.1, -0.05) is 27.5 Å². The minimum absolute atomic E-state index is 0.0423.